The second-order valence-corrected chi connectivity index (χ2v) is 2.11. The average molecular weight is 128 g/mol. The smallest absolute Gasteiger partial charge is 0.139 e. The Morgan fingerprint density at radius 2 is 1.78 bits per heavy atom. The fourth-order valence-electron chi connectivity index (χ4n) is 0.314. The maximum Gasteiger partial charge on any atom is 0.139 e. The van der Waals surface area contributed by atoms with Gasteiger partial charge in [0.2, 0.25) is 0 Å². The lowest BCUT2D eigenvalue weighted by Crippen LogP contribution is -1.77. The van der Waals surface area contributed by atoms with Gasteiger partial charge in [-0.25, -0.2) is 5.26 Å². The molecule has 1 N–H and O–H groups in total. The molecule has 0 amide bonds. The number of rotatable bonds is 2. The molecule has 0 heterocycles. The Hall–Kier alpha value is -0.760. The predicted octanol–water partition coefficient (Wildman–Crippen LogP) is 2.35. The third-order valence-electron chi connectivity index (χ3n) is 0.795. The van der Waals surface area contributed by atoms with Gasteiger partial charge >= 0.3 is 0 Å². The van der Waals surface area contributed by atoms with Crippen molar-refractivity contribution in [3.63, 3.8) is 0 Å². The van der Waals surface area contributed by atoms with Crippen molar-refractivity contribution in [2.45, 2.75) is 20.8 Å². The van der Waals surface area contributed by atoms with Crippen molar-refractivity contribution in [2.24, 2.45) is 0 Å². The topological polar surface area (TPSA) is 29.5 Å². The molecule has 0 aliphatic carbocycles. The molecule has 52 valence electrons. The zero-order chi connectivity index (χ0) is 7.28. The number of hydrogen-bond acceptors (Lipinski definition) is 2. The molecule has 0 aliphatic heterocycles. The summed E-state index contributed by atoms with van der Waals surface area (Å²) in [6, 6.07) is 0. The van der Waals surface area contributed by atoms with Crippen LogP contribution in [-0.4, -0.2) is 5.26 Å². The van der Waals surface area contributed by atoms with Gasteiger partial charge in [0, 0.05) is 0 Å². The van der Waals surface area contributed by atoms with E-state index in [-0.39, 0.29) is 0 Å². The summed E-state index contributed by atoms with van der Waals surface area (Å²) in [6.45, 7) is 5.63. The standard InChI is InChI=1S/C7H12O2/c1-6(2)4-5-7(3)9-8/h4-5,8H,1-3H3/b7-5+. The zero-order valence-corrected chi connectivity index (χ0v) is 6.01. The molecule has 0 aromatic carbocycles. The van der Waals surface area contributed by atoms with E-state index in [1.807, 2.05) is 19.9 Å². The van der Waals surface area contributed by atoms with Crippen LogP contribution in [0, 0.1) is 0 Å². The minimum Gasteiger partial charge on any atom is -0.345 e. The summed E-state index contributed by atoms with van der Waals surface area (Å²) in [4.78, 5) is 3.92. The van der Waals surface area contributed by atoms with E-state index in [4.69, 9.17) is 5.26 Å². The van der Waals surface area contributed by atoms with Gasteiger partial charge in [0.1, 0.15) is 5.76 Å². The largest absolute Gasteiger partial charge is 0.345 e. The van der Waals surface area contributed by atoms with Gasteiger partial charge in [0.05, 0.1) is 0 Å². The summed E-state index contributed by atoms with van der Waals surface area (Å²) in [5, 5.41) is 8.05. The van der Waals surface area contributed by atoms with Crippen molar-refractivity contribution in [2.75, 3.05) is 0 Å². The summed E-state index contributed by atoms with van der Waals surface area (Å²) in [6.07, 6.45) is 3.57. The Bertz CT molecular complexity index is 130. The Balaban J connectivity index is 3.83. The second kappa shape index (κ2) is 4.15. The van der Waals surface area contributed by atoms with Crippen molar-refractivity contribution < 1.29 is 10.1 Å². The van der Waals surface area contributed by atoms with Gasteiger partial charge in [-0.3, -0.25) is 0 Å². The SMILES string of the molecule is CC(C)=C/C=C(\C)OO. The van der Waals surface area contributed by atoms with Crippen LogP contribution in [0.1, 0.15) is 20.8 Å². The van der Waals surface area contributed by atoms with Crippen LogP contribution >= 0.6 is 0 Å². The molecule has 0 radical (unpaired) electrons. The van der Waals surface area contributed by atoms with E-state index in [0.717, 1.165) is 0 Å². The van der Waals surface area contributed by atoms with Gasteiger partial charge < -0.3 is 4.89 Å². The summed E-state index contributed by atoms with van der Waals surface area (Å²) in [7, 11) is 0. The van der Waals surface area contributed by atoms with Gasteiger partial charge in [-0.1, -0.05) is 11.6 Å². The highest BCUT2D eigenvalue weighted by Crippen LogP contribution is 1.95. The monoisotopic (exact) mass is 128 g/mol. The quantitative estimate of drug-likeness (QED) is 0.268. The van der Waals surface area contributed by atoms with Gasteiger partial charge in [0.25, 0.3) is 0 Å². The second-order valence-electron chi connectivity index (χ2n) is 2.11. The fourth-order valence-corrected chi connectivity index (χ4v) is 0.314. The summed E-state index contributed by atoms with van der Waals surface area (Å²) in [5.41, 5.74) is 1.17. The van der Waals surface area contributed by atoms with Crippen LogP contribution in [0.5, 0.6) is 0 Å². The zero-order valence-electron chi connectivity index (χ0n) is 6.01. The van der Waals surface area contributed by atoms with Crippen molar-refractivity contribution in [1.29, 1.82) is 0 Å². The number of allylic oxidation sites excluding steroid dienone is 4. The fraction of sp³-hybridized carbons (Fsp3) is 0.429. The molecule has 0 aliphatic rings. The van der Waals surface area contributed by atoms with Crippen molar-refractivity contribution in [1.82, 2.24) is 0 Å². The van der Waals surface area contributed by atoms with E-state index in [1.54, 1.807) is 13.0 Å². The van der Waals surface area contributed by atoms with E-state index < -0.39 is 0 Å². The van der Waals surface area contributed by atoms with E-state index in [9.17, 15) is 0 Å². The van der Waals surface area contributed by atoms with E-state index in [0.29, 0.717) is 5.76 Å². The van der Waals surface area contributed by atoms with Crippen LogP contribution < -0.4 is 0 Å². The lowest BCUT2D eigenvalue weighted by Gasteiger charge is -1.90. The first-order chi connectivity index (χ1) is 4.16. The molecule has 0 saturated heterocycles. The maximum atomic E-state index is 8.05. The maximum absolute atomic E-state index is 8.05. The summed E-state index contributed by atoms with van der Waals surface area (Å²) >= 11 is 0. The van der Waals surface area contributed by atoms with E-state index in [1.165, 1.54) is 5.57 Å². The molecule has 0 unspecified atom stereocenters. The van der Waals surface area contributed by atoms with Gasteiger partial charge in [-0.2, -0.15) is 0 Å². The molecule has 0 atom stereocenters. The Morgan fingerprint density at radius 3 is 2.11 bits per heavy atom. The van der Waals surface area contributed by atoms with Crippen molar-refractivity contribution in [3.8, 4) is 0 Å². The van der Waals surface area contributed by atoms with Crippen molar-refractivity contribution in [3.05, 3.63) is 23.5 Å². The molecule has 2 nitrogen and oxygen atoms in total. The normalized spacial score (nSPS) is 10.9. The Morgan fingerprint density at radius 1 is 1.22 bits per heavy atom. The molecule has 0 aromatic heterocycles. The first-order valence-electron chi connectivity index (χ1n) is 2.80. The minimum absolute atomic E-state index is 0.496. The molecule has 0 rings (SSSR count). The minimum atomic E-state index is 0.496. The third kappa shape index (κ3) is 5.11. The highest BCUT2D eigenvalue weighted by Gasteiger charge is 1.80. The highest BCUT2D eigenvalue weighted by molar-refractivity contribution is 5.10. The number of hydrogen-bond donors (Lipinski definition) is 1. The van der Waals surface area contributed by atoms with Crippen LogP contribution in [0.25, 0.3) is 0 Å². The van der Waals surface area contributed by atoms with E-state index in [2.05, 4.69) is 4.89 Å². The van der Waals surface area contributed by atoms with Crippen LogP contribution in [-0.2, 0) is 4.89 Å². The molecular formula is C7H12O2. The van der Waals surface area contributed by atoms with Gasteiger partial charge in [0.15, 0.2) is 0 Å². The molecule has 9 heavy (non-hydrogen) atoms. The summed E-state index contributed by atoms with van der Waals surface area (Å²) < 4.78 is 0. The van der Waals surface area contributed by atoms with Crippen LogP contribution in [0.2, 0.25) is 0 Å². The summed E-state index contributed by atoms with van der Waals surface area (Å²) in [5.74, 6) is 0.496. The molecule has 0 aromatic rings. The lowest BCUT2D eigenvalue weighted by atomic mass is 10.3. The predicted molar refractivity (Wildman–Crippen MR) is 36.9 cm³/mol. The Kier molecular flexibility index (Phi) is 3.80. The first kappa shape index (κ1) is 8.24. The van der Waals surface area contributed by atoms with Crippen LogP contribution in [0.4, 0.5) is 0 Å². The molecule has 2 heteroatoms. The molecular weight excluding hydrogens is 116 g/mol. The lowest BCUT2D eigenvalue weighted by molar-refractivity contribution is -0.202. The molecule has 0 fully saturated rings. The Labute approximate surface area is 55.4 Å². The third-order valence-corrected chi connectivity index (χ3v) is 0.795. The average Bonchev–Trinajstić information content (AvgIpc) is 1.83. The van der Waals surface area contributed by atoms with E-state index >= 15 is 0 Å². The molecule has 0 spiro atoms. The highest BCUT2D eigenvalue weighted by atomic mass is 17.1. The van der Waals surface area contributed by atoms with Crippen molar-refractivity contribution >= 4 is 0 Å². The molecule has 0 saturated carbocycles. The van der Waals surface area contributed by atoms with Crippen LogP contribution in [0.3, 0.4) is 0 Å². The first-order valence-corrected chi connectivity index (χ1v) is 2.80. The van der Waals surface area contributed by atoms with Crippen LogP contribution in [0.15, 0.2) is 23.5 Å². The van der Waals surface area contributed by atoms with Gasteiger partial charge in [-0.05, 0) is 26.8 Å². The molecule has 0 bridgehead atoms. The van der Waals surface area contributed by atoms with Gasteiger partial charge in [-0.15, -0.1) is 0 Å².